The first-order chi connectivity index (χ1) is 7.90. The lowest BCUT2D eigenvalue weighted by molar-refractivity contribution is -0.147. The van der Waals surface area contributed by atoms with Crippen molar-refractivity contribution in [1.29, 1.82) is 0 Å². The molecule has 0 aromatic carbocycles. The minimum absolute atomic E-state index is 0.256. The van der Waals surface area contributed by atoms with Gasteiger partial charge in [-0.3, -0.25) is 0 Å². The van der Waals surface area contributed by atoms with E-state index in [1.165, 1.54) is 0 Å². The summed E-state index contributed by atoms with van der Waals surface area (Å²) in [6.45, 7) is 4.55. The molecule has 0 aliphatic heterocycles. The monoisotopic (exact) mass is 241 g/mol. The second-order valence-corrected chi connectivity index (χ2v) is 6.54. The van der Waals surface area contributed by atoms with Gasteiger partial charge in [0.05, 0.1) is 11.7 Å². The number of nitrogens with two attached hydrogens (primary N) is 1. The molecule has 2 aliphatic carbocycles. The Morgan fingerprint density at radius 3 is 2.18 bits per heavy atom. The molecule has 0 aromatic heterocycles. The van der Waals surface area contributed by atoms with Crippen LogP contribution in [0, 0.1) is 11.8 Å². The standard InChI is InChI=1S/C14H27NO2/c1-10(2)11-4-6-14(16,7-5-11)13(15)8-12(9-13)17-3/h10-12,16H,4-9,15H2,1-3H3. The summed E-state index contributed by atoms with van der Waals surface area (Å²) in [7, 11) is 1.73. The number of hydrogen-bond donors (Lipinski definition) is 2. The van der Waals surface area contributed by atoms with E-state index in [9.17, 15) is 5.11 Å². The molecular weight excluding hydrogens is 214 g/mol. The molecule has 0 aromatic rings. The Labute approximate surface area is 105 Å². The van der Waals surface area contributed by atoms with Gasteiger partial charge in [-0.15, -0.1) is 0 Å². The Morgan fingerprint density at radius 1 is 1.24 bits per heavy atom. The highest BCUT2D eigenvalue weighted by Gasteiger charge is 2.56. The summed E-state index contributed by atoms with van der Waals surface area (Å²) in [6.07, 6.45) is 5.84. The predicted molar refractivity (Wildman–Crippen MR) is 68.7 cm³/mol. The van der Waals surface area contributed by atoms with E-state index in [-0.39, 0.29) is 6.10 Å². The van der Waals surface area contributed by atoms with E-state index in [0.29, 0.717) is 0 Å². The second-order valence-electron chi connectivity index (χ2n) is 6.54. The molecular formula is C14H27NO2. The van der Waals surface area contributed by atoms with Gasteiger partial charge in [0.1, 0.15) is 0 Å². The molecule has 2 saturated carbocycles. The van der Waals surface area contributed by atoms with E-state index in [2.05, 4.69) is 13.8 Å². The third kappa shape index (κ3) is 2.25. The summed E-state index contributed by atoms with van der Waals surface area (Å²) < 4.78 is 5.29. The quantitative estimate of drug-likeness (QED) is 0.795. The second kappa shape index (κ2) is 4.52. The predicted octanol–water partition coefficient (Wildman–Crippen LogP) is 2.07. The van der Waals surface area contributed by atoms with Crippen LogP contribution in [0.4, 0.5) is 0 Å². The molecule has 0 amide bonds. The first-order valence-corrected chi connectivity index (χ1v) is 6.94. The van der Waals surface area contributed by atoms with Crippen LogP contribution in [0.2, 0.25) is 0 Å². The molecule has 0 radical (unpaired) electrons. The van der Waals surface area contributed by atoms with Gasteiger partial charge in [0.2, 0.25) is 0 Å². The molecule has 17 heavy (non-hydrogen) atoms. The summed E-state index contributed by atoms with van der Waals surface area (Å²) in [5.74, 6) is 1.48. The van der Waals surface area contributed by atoms with Crippen molar-refractivity contribution in [1.82, 2.24) is 0 Å². The van der Waals surface area contributed by atoms with Gasteiger partial charge in [0.15, 0.2) is 0 Å². The van der Waals surface area contributed by atoms with Gasteiger partial charge in [-0.2, -0.15) is 0 Å². The SMILES string of the molecule is COC1CC(N)(C2(O)CCC(C(C)C)CC2)C1. The van der Waals surface area contributed by atoms with Crippen molar-refractivity contribution in [2.45, 2.75) is 69.6 Å². The summed E-state index contributed by atoms with van der Waals surface area (Å²) in [6, 6.07) is 0. The van der Waals surface area contributed by atoms with Crippen LogP contribution in [0.25, 0.3) is 0 Å². The van der Waals surface area contributed by atoms with E-state index in [4.69, 9.17) is 10.5 Å². The minimum atomic E-state index is -0.645. The lowest BCUT2D eigenvalue weighted by atomic mass is 9.58. The zero-order chi connectivity index (χ0) is 12.7. The van der Waals surface area contributed by atoms with Crippen molar-refractivity contribution in [3.8, 4) is 0 Å². The summed E-state index contributed by atoms with van der Waals surface area (Å²) in [5.41, 5.74) is 5.33. The smallest absolute Gasteiger partial charge is 0.0828 e. The molecule has 0 heterocycles. The maximum absolute atomic E-state index is 10.8. The molecule has 0 saturated heterocycles. The molecule has 0 bridgehead atoms. The lowest BCUT2D eigenvalue weighted by Gasteiger charge is -2.56. The lowest BCUT2D eigenvalue weighted by Crippen LogP contribution is -2.70. The Balaban J connectivity index is 1.94. The van der Waals surface area contributed by atoms with Crippen LogP contribution in [0.1, 0.15) is 52.4 Å². The molecule has 100 valence electrons. The molecule has 3 nitrogen and oxygen atoms in total. The Hall–Kier alpha value is -0.120. The van der Waals surface area contributed by atoms with Crippen molar-refractivity contribution in [3.63, 3.8) is 0 Å². The highest BCUT2D eigenvalue weighted by atomic mass is 16.5. The number of hydrogen-bond acceptors (Lipinski definition) is 3. The van der Waals surface area contributed by atoms with Crippen molar-refractivity contribution >= 4 is 0 Å². The maximum Gasteiger partial charge on any atom is 0.0828 e. The average Bonchev–Trinajstić information content (AvgIpc) is 2.25. The van der Waals surface area contributed by atoms with Crippen LogP contribution in [0.3, 0.4) is 0 Å². The van der Waals surface area contributed by atoms with Crippen LogP contribution in [-0.2, 0) is 4.74 Å². The van der Waals surface area contributed by atoms with Gasteiger partial charge in [0.25, 0.3) is 0 Å². The van der Waals surface area contributed by atoms with E-state index >= 15 is 0 Å². The Bertz CT molecular complexity index is 263. The molecule has 2 rings (SSSR count). The van der Waals surface area contributed by atoms with Crippen LogP contribution in [0.5, 0.6) is 0 Å². The van der Waals surface area contributed by atoms with Crippen molar-refractivity contribution in [2.75, 3.05) is 7.11 Å². The van der Waals surface area contributed by atoms with Gasteiger partial charge >= 0.3 is 0 Å². The fourth-order valence-electron chi connectivity index (χ4n) is 3.58. The summed E-state index contributed by atoms with van der Waals surface area (Å²) in [4.78, 5) is 0. The van der Waals surface area contributed by atoms with Gasteiger partial charge in [-0.25, -0.2) is 0 Å². The molecule has 0 unspecified atom stereocenters. The number of methoxy groups -OCH3 is 1. The normalized spacial score (nSPS) is 46.9. The fourth-order valence-corrected chi connectivity index (χ4v) is 3.58. The zero-order valence-electron chi connectivity index (χ0n) is 11.4. The van der Waals surface area contributed by atoms with E-state index in [1.807, 2.05) is 0 Å². The number of rotatable bonds is 3. The highest BCUT2D eigenvalue weighted by molar-refractivity contribution is 5.13. The van der Waals surface area contributed by atoms with Crippen LogP contribution < -0.4 is 5.73 Å². The molecule has 0 atom stereocenters. The van der Waals surface area contributed by atoms with E-state index in [0.717, 1.165) is 50.4 Å². The van der Waals surface area contributed by atoms with E-state index in [1.54, 1.807) is 7.11 Å². The largest absolute Gasteiger partial charge is 0.388 e. The van der Waals surface area contributed by atoms with Crippen LogP contribution in [-0.4, -0.2) is 29.5 Å². The molecule has 3 heteroatoms. The van der Waals surface area contributed by atoms with Crippen molar-refractivity contribution in [2.24, 2.45) is 17.6 Å². The summed E-state index contributed by atoms with van der Waals surface area (Å²) >= 11 is 0. The molecule has 0 spiro atoms. The average molecular weight is 241 g/mol. The first-order valence-electron chi connectivity index (χ1n) is 6.94. The number of aliphatic hydroxyl groups is 1. The minimum Gasteiger partial charge on any atom is -0.388 e. The third-order valence-corrected chi connectivity index (χ3v) is 5.24. The van der Waals surface area contributed by atoms with Crippen LogP contribution >= 0.6 is 0 Å². The third-order valence-electron chi connectivity index (χ3n) is 5.24. The van der Waals surface area contributed by atoms with Crippen molar-refractivity contribution < 1.29 is 9.84 Å². The van der Waals surface area contributed by atoms with Gasteiger partial charge in [-0.05, 0) is 50.4 Å². The van der Waals surface area contributed by atoms with Gasteiger partial charge < -0.3 is 15.6 Å². The first kappa shape index (κ1) is 13.3. The highest BCUT2D eigenvalue weighted by Crippen LogP contribution is 2.48. The van der Waals surface area contributed by atoms with Crippen LogP contribution in [0.15, 0.2) is 0 Å². The maximum atomic E-state index is 10.8. The summed E-state index contributed by atoms with van der Waals surface area (Å²) in [5, 5.41) is 10.8. The fraction of sp³-hybridized carbons (Fsp3) is 1.00. The molecule has 2 aliphatic rings. The molecule has 3 N–H and O–H groups in total. The number of ether oxygens (including phenoxy) is 1. The van der Waals surface area contributed by atoms with Gasteiger partial charge in [-0.1, -0.05) is 13.8 Å². The topological polar surface area (TPSA) is 55.5 Å². The Kier molecular flexibility index (Phi) is 3.54. The Morgan fingerprint density at radius 2 is 1.76 bits per heavy atom. The van der Waals surface area contributed by atoms with Gasteiger partial charge in [0, 0.05) is 12.6 Å². The van der Waals surface area contributed by atoms with Crippen molar-refractivity contribution in [3.05, 3.63) is 0 Å². The van der Waals surface area contributed by atoms with E-state index < -0.39 is 11.1 Å². The zero-order valence-corrected chi connectivity index (χ0v) is 11.4. The molecule has 2 fully saturated rings.